The summed E-state index contributed by atoms with van der Waals surface area (Å²) in [6.45, 7) is 8.41. The predicted molar refractivity (Wildman–Crippen MR) is 112 cm³/mol. The fourth-order valence-electron chi connectivity index (χ4n) is 4.27. The minimum Gasteiger partial charge on any atom is -0.461 e. The van der Waals surface area contributed by atoms with Crippen LogP contribution in [0.4, 0.5) is 0 Å². The molecule has 0 unspecified atom stereocenters. The van der Waals surface area contributed by atoms with Crippen LogP contribution in [-0.4, -0.2) is 44.0 Å². The summed E-state index contributed by atoms with van der Waals surface area (Å²) in [5, 5.41) is 0. The molecule has 1 aromatic carbocycles. The Hall–Kier alpha value is -1.47. The molecule has 1 aromatic rings. The molecule has 1 aliphatic carbocycles. The van der Waals surface area contributed by atoms with E-state index in [4.69, 9.17) is 23.7 Å². The highest BCUT2D eigenvalue weighted by atomic mass is 16.7. The van der Waals surface area contributed by atoms with Gasteiger partial charge in [-0.2, -0.15) is 0 Å². The van der Waals surface area contributed by atoms with Gasteiger partial charge in [-0.05, 0) is 44.6 Å². The molecule has 0 amide bonds. The standard InChI is InChI=1S/C24H36O6/c1-16-11-20(16)22-13-19(29-24(3,4)30-22)12-21(28-15-26-5)17(2)23(25)27-14-18-9-7-6-8-10-18/h6-10,16-17,19-22H,11-15H2,1-5H3/t16-,17-,19+,20-,21+,22-/m1/s1. The Labute approximate surface area is 180 Å². The van der Waals surface area contributed by atoms with Crippen LogP contribution in [0.3, 0.4) is 0 Å². The van der Waals surface area contributed by atoms with Gasteiger partial charge in [-0.3, -0.25) is 4.79 Å². The second-order valence-corrected chi connectivity index (χ2v) is 9.14. The van der Waals surface area contributed by atoms with Crippen LogP contribution < -0.4 is 0 Å². The molecule has 0 radical (unpaired) electrons. The molecule has 2 aliphatic rings. The number of hydrogen-bond donors (Lipinski definition) is 0. The van der Waals surface area contributed by atoms with E-state index in [-0.39, 0.29) is 37.7 Å². The van der Waals surface area contributed by atoms with Gasteiger partial charge in [0.05, 0.1) is 24.2 Å². The van der Waals surface area contributed by atoms with Gasteiger partial charge in [0.2, 0.25) is 0 Å². The van der Waals surface area contributed by atoms with Gasteiger partial charge in [0.25, 0.3) is 0 Å². The van der Waals surface area contributed by atoms with E-state index < -0.39 is 11.7 Å². The van der Waals surface area contributed by atoms with Crippen molar-refractivity contribution in [3.8, 4) is 0 Å². The third-order valence-electron chi connectivity index (χ3n) is 6.08. The highest BCUT2D eigenvalue weighted by Gasteiger charge is 2.47. The van der Waals surface area contributed by atoms with Crippen LogP contribution in [-0.2, 0) is 35.1 Å². The van der Waals surface area contributed by atoms with Crippen LogP contribution >= 0.6 is 0 Å². The van der Waals surface area contributed by atoms with E-state index in [0.717, 1.165) is 12.0 Å². The number of ether oxygens (including phenoxy) is 5. The number of carbonyl (C=O) groups is 1. The molecular formula is C24H36O6. The number of carbonyl (C=O) groups excluding carboxylic acids is 1. The minimum atomic E-state index is -0.640. The second-order valence-electron chi connectivity index (χ2n) is 9.14. The van der Waals surface area contributed by atoms with Crippen LogP contribution in [0.5, 0.6) is 0 Å². The maximum Gasteiger partial charge on any atom is 0.311 e. The molecule has 0 N–H and O–H groups in total. The van der Waals surface area contributed by atoms with Gasteiger partial charge < -0.3 is 23.7 Å². The van der Waals surface area contributed by atoms with E-state index in [9.17, 15) is 4.79 Å². The van der Waals surface area contributed by atoms with Crippen molar-refractivity contribution < 1.29 is 28.5 Å². The molecule has 6 heteroatoms. The number of rotatable bonds is 10. The van der Waals surface area contributed by atoms with Crippen LogP contribution in [0, 0.1) is 17.8 Å². The Morgan fingerprint density at radius 2 is 1.90 bits per heavy atom. The molecule has 1 saturated carbocycles. The van der Waals surface area contributed by atoms with E-state index in [1.54, 1.807) is 7.11 Å². The Balaban J connectivity index is 1.60. The van der Waals surface area contributed by atoms with Crippen LogP contribution in [0.15, 0.2) is 30.3 Å². The summed E-state index contributed by atoms with van der Waals surface area (Å²) < 4.78 is 28.9. The van der Waals surface area contributed by atoms with E-state index in [1.165, 1.54) is 6.42 Å². The smallest absolute Gasteiger partial charge is 0.311 e. The third-order valence-corrected chi connectivity index (χ3v) is 6.08. The molecule has 1 heterocycles. The van der Waals surface area contributed by atoms with Crippen LogP contribution in [0.1, 0.15) is 52.5 Å². The average molecular weight is 421 g/mol. The molecule has 1 saturated heterocycles. The summed E-state index contributed by atoms with van der Waals surface area (Å²) in [7, 11) is 1.58. The fourth-order valence-corrected chi connectivity index (χ4v) is 4.27. The summed E-state index contributed by atoms with van der Waals surface area (Å²) in [5.41, 5.74) is 0.961. The van der Waals surface area contributed by atoms with E-state index in [0.29, 0.717) is 18.3 Å². The lowest BCUT2D eigenvalue weighted by Crippen LogP contribution is -2.47. The summed E-state index contributed by atoms with van der Waals surface area (Å²) >= 11 is 0. The lowest BCUT2D eigenvalue weighted by molar-refractivity contribution is -0.308. The first-order chi connectivity index (χ1) is 14.3. The largest absolute Gasteiger partial charge is 0.461 e. The monoisotopic (exact) mass is 420 g/mol. The van der Waals surface area contributed by atoms with Crippen molar-refractivity contribution in [3.05, 3.63) is 35.9 Å². The van der Waals surface area contributed by atoms with Crippen LogP contribution in [0.25, 0.3) is 0 Å². The normalized spacial score (nSPS) is 29.8. The zero-order chi connectivity index (χ0) is 21.7. The van der Waals surface area contributed by atoms with Gasteiger partial charge in [0.15, 0.2) is 5.79 Å². The van der Waals surface area contributed by atoms with Crippen LogP contribution in [0.2, 0.25) is 0 Å². The molecule has 3 rings (SSSR count). The van der Waals surface area contributed by atoms with Crippen molar-refractivity contribution in [1.82, 2.24) is 0 Å². The highest BCUT2D eigenvalue weighted by Crippen LogP contribution is 2.47. The highest BCUT2D eigenvalue weighted by molar-refractivity contribution is 5.72. The summed E-state index contributed by atoms with van der Waals surface area (Å²) in [6, 6.07) is 9.67. The summed E-state index contributed by atoms with van der Waals surface area (Å²) in [5.74, 6) is -0.0479. The van der Waals surface area contributed by atoms with Gasteiger partial charge in [-0.1, -0.05) is 37.3 Å². The molecule has 0 aromatic heterocycles. The predicted octanol–water partition coefficient (Wildman–Crippen LogP) is 4.31. The summed E-state index contributed by atoms with van der Waals surface area (Å²) in [6.07, 6.45) is 2.41. The molecule has 0 spiro atoms. The van der Waals surface area contributed by atoms with Crippen molar-refractivity contribution in [2.75, 3.05) is 13.9 Å². The fraction of sp³-hybridized carbons (Fsp3) is 0.708. The molecule has 2 fully saturated rings. The molecule has 6 atom stereocenters. The average Bonchev–Trinajstić information content (AvgIpc) is 3.45. The Morgan fingerprint density at radius 1 is 1.20 bits per heavy atom. The first kappa shape index (κ1) is 23.2. The Bertz CT molecular complexity index is 676. The van der Waals surface area contributed by atoms with Crippen molar-refractivity contribution in [1.29, 1.82) is 0 Å². The molecular weight excluding hydrogens is 384 g/mol. The van der Waals surface area contributed by atoms with E-state index in [2.05, 4.69) is 6.92 Å². The zero-order valence-electron chi connectivity index (χ0n) is 18.8. The van der Waals surface area contributed by atoms with Gasteiger partial charge in [-0.25, -0.2) is 0 Å². The summed E-state index contributed by atoms with van der Waals surface area (Å²) in [4.78, 5) is 12.7. The molecule has 1 aliphatic heterocycles. The minimum absolute atomic E-state index is 0.0437. The van der Waals surface area contributed by atoms with E-state index in [1.807, 2.05) is 51.1 Å². The maximum atomic E-state index is 12.7. The second kappa shape index (κ2) is 10.2. The quantitative estimate of drug-likeness (QED) is 0.415. The van der Waals surface area contributed by atoms with Gasteiger partial charge in [0.1, 0.15) is 13.4 Å². The molecule has 0 bridgehead atoms. The number of hydrogen-bond acceptors (Lipinski definition) is 6. The molecule has 30 heavy (non-hydrogen) atoms. The van der Waals surface area contributed by atoms with Crippen molar-refractivity contribution in [2.24, 2.45) is 17.8 Å². The van der Waals surface area contributed by atoms with Gasteiger partial charge in [0, 0.05) is 20.0 Å². The Morgan fingerprint density at radius 3 is 2.53 bits per heavy atom. The topological polar surface area (TPSA) is 63.2 Å². The maximum absolute atomic E-state index is 12.7. The first-order valence-corrected chi connectivity index (χ1v) is 11.0. The molecule has 6 nitrogen and oxygen atoms in total. The van der Waals surface area contributed by atoms with Crippen molar-refractivity contribution in [3.63, 3.8) is 0 Å². The first-order valence-electron chi connectivity index (χ1n) is 11.0. The van der Waals surface area contributed by atoms with Gasteiger partial charge in [-0.15, -0.1) is 0 Å². The lowest BCUT2D eigenvalue weighted by atomic mass is 9.94. The third kappa shape index (κ3) is 6.51. The number of esters is 1. The number of methoxy groups -OCH3 is 1. The molecule has 168 valence electrons. The van der Waals surface area contributed by atoms with Gasteiger partial charge >= 0.3 is 5.97 Å². The Kier molecular flexibility index (Phi) is 7.91. The zero-order valence-corrected chi connectivity index (χ0v) is 18.8. The van der Waals surface area contributed by atoms with Crippen molar-refractivity contribution in [2.45, 2.75) is 77.7 Å². The van der Waals surface area contributed by atoms with E-state index >= 15 is 0 Å². The SMILES string of the molecule is COCO[C@@H](C[C@H]1C[C@H]([C@@H]2C[C@H]2C)OC(C)(C)O1)[C@@H](C)C(=O)OCc1ccccc1. The lowest BCUT2D eigenvalue weighted by Gasteiger charge is -2.42. The van der Waals surface area contributed by atoms with Crippen molar-refractivity contribution >= 4 is 5.97 Å². The number of benzene rings is 1.